The van der Waals surface area contributed by atoms with Crippen LogP contribution in [0.2, 0.25) is 0 Å². The fraction of sp³-hybridized carbons (Fsp3) is 0.208. The minimum atomic E-state index is 0.0488. The Kier molecular flexibility index (Phi) is 4.82. The third-order valence-electron chi connectivity index (χ3n) is 5.61. The van der Waals surface area contributed by atoms with Crippen molar-refractivity contribution in [3.05, 3.63) is 94.1 Å². The highest BCUT2D eigenvalue weighted by atomic mass is 32.1. The molecule has 0 aliphatic heterocycles. The van der Waals surface area contributed by atoms with Gasteiger partial charge in [0.15, 0.2) is 0 Å². The fourth-order valence-electron chi connectivity index (χ4n) is 4.23. The third kappa shape index (κ3) is 3.54. The molecule has 5 heteroatoms. The van der Waals surface area contributed by atoms with Gasteiger partial charge in [0, 0.05) is 28.7 Å². The summed E-state index contributed by atoms with van der Waals surface area (Å²) in [6.45, 7) is 0.528. The largest absolute Gasteiger partial charge is 0.325 e. The molecule has 0 spiro atoms. The molecule has 1 amide bonds. The van der Waals surface area contributed by atoms with Gasteiger partial charge in [-0.05, 0) is 54.7 Å². The first-order chi connectivity index (χ1) is 14.3. The Morgan fingerprint density at radius 3 is 2.90 bits per heavy atom. The van der Waals surface area contributed by atoms with Gasteiger partial charge in [-0.2, -0.15) is 0 Å². The first-order valence-corrected chi connectivity index (χ1v) is 10.8. The number of benzene rings is 2. The van der Waals surface area contributed by atoms with Crippen molar-refractivity contribution in [1.82, 2.24) is 14.9 Å². The van der Waals surface area contributed by atoms with E-state index in [0.717, 1.165) is 35.2 Å². The summed E-state index contributed by atoms with van der Waals surface area (Å²) in [5, 5.41) is 3.91. The fourth-order valence-corrected chi connectivity index (χ4v) is 4.84. The molecule has 0 fully saturated rings. The quantitative estimate of drug-likeness (QED) is 0.461. The van der Waals surface area contributed by atoms with E-state index in [1.807, 2.05) is 40.6 Å². The van der Waals surface area contributed by atoms with Crippen molar-refractivity contribution in [2.75, 3.05) is 0 Å². The van der Waals surface area contributed by atoms with E-state index in [9.17, 15) is 4.79 Å². The summed E-state index contributed by atoms with van der Waals surface area (Å²) >= 11 is 1.60. The lowest BCUT2D eigenvalue weighted by Crippen LogP contribution is -2.36. The summed E-state index contributed by atoms with van der Waals surface area (Å²) < 4.78 is 0. The highest BCUT2D eigenvalue weighted by Crippen LogP contribution is 2.36. The normalized spacial score (nSPS) is 15.8. The number of hydrogen-bond acceptors (Lipinski definition) is 4. The topological polar surface area (TPSA) is 46.1 Å². The van der Waals surface area contributed by atoms with Gasteiger partial charge in [0.25, 0.3) is 5.91 Å². The molecule has 1 unspecified atom stereocenters. The summed E-state index contributed by atoms with van der Waals surface area (Å²) in [4.78, 5) is 24.5. The van der Waals surface area contributed by atoms with Gasteiger partial charge in [-0.3, -0.25) is 9.78 Å². The maximum atomic E-state index is 13.7. The van der Waals surface area contributed by atoms with Gasteiger partial charge in [0.2, 0.25) is 0 Å². The molecular formula is C24H21N3OS. The lowest BCUT2D eigenvalue weighted by Gasteiger charge is -2.35. The Hall–Kier alpha value is -3.05. The second-order valence-corrected chi connectivity index (χ2v) is 8.36. The van der Waals surface area contributed by atoms with Crippen LogP contribution in [0.4, 0.5) is 0 Å². The van der Waals surface area contributed by atoms with Crippen LogP contribution in [-0.4, -0.2) is 20.8 Å². The molecule has 4 nitrogen and oxygen atoms in total. The van der Waals surface area contributed by atoms with Gasteiger partial charge in [-0.1, -0.05) is 30.3 Å². The first-order valence-electron chi connectivity index (χ1n) is 9.91. The highest BCUT2D eigenvalue weighted by Gasteiger charge is 2.30. The predicted molar refractivity (Wildman–Crippen MR) is 116 cm³/mol. The van der Waals surface area contributed by atoms with Gasteiger partial charge in [0.1, 0.15) is 5.01 Å². The smallest absolute Gasteiger partial charge is 0.254 e. The minimum absolute atomic E-state index is 0.0488. The first kappa shape index (κ1) is 18.0. The van der Waals surface area contributed by atoms with Crippen molar-refractivity contribution in [3.8, 4) is 0 Å². The zero-order valence-corrected chi connectivity index (χ0v) is 16.8. The number of thiazole rings is 1. The van der Waals surface area contributed by atoms with Crippen LogP contribution >= 0.6 is 11.3 Å². The number of carbonyl (C=O) groups is 1. The number of nitrogens with zero attached hydrogens (tertiary/aromatic N) is 3. The van der Waals surface area contributed by atoms with E-state index in [1.165, 1.54) is 11.1 Å². The standard InChI is InChI=1S/C24H21N3OS/c28-24(19-10-11-21-18(15-19)7-4-12-25-21)27(16-23-26-13-14-29-23)22-9-3-6-17-5-1-2-8-20(17)22/h1-2,4-5,7-8,10-15,22H,3,6,9,16H2. The zero-order chi connectivity index (χ0) is 19.6. The van der Waals surface area contributed by atoms with Crippen LogP contribution in [0.5, 0.6) is 0 Å². The molecule has 0 bridgehead atoms. The summed E-state index contributed by atoms with van der Waals surface area (Å²) in [6, 6.07) is 18.3. The molecule has 0 saturated carbocycles. The molecule has 2 heterocycles. The molecule has 0 radical (unpaired) electrons. The predicted octanol–water partition coefficient (Wildman–Crippen LogP) is 5.41. The van der Waals surface area contributed by atoms with Crippen molar-refractivity contribution in [3.63, 3.8) is 0 Å². The Labute approximate surface area is 173 Å². The lowest BCUT2D eigenvalue weighted by molar-refractivity contribution is 0.0638. The van der Waals surface area contributed by atoms with Crippen LogP contribution in [-0.2, 0) is 13.0 Å². The van der Waals surface area contributed by atoms with E-state index in [0.29, 0.717) is 12.1 Å². The zero-order valence-electron chi connectivity index (χ0n) is 16.0. The summed E-state index contributed by atoms with van der Waals surface area (Å²) in [5.41, 5.74) is 4.22. The molecule has 2 aromatic carbocycles. The minimum Gasteiger partial charge on any atom is -0.325 e. The van der Waals surface area contributed by atoms with E-state index in [-0.39, 0.29) is 11.9 Å². The molecule has 1 atom stereocenters. The molecule has 4 aromatic rings. The highest BCUT2D eigenvalue weighted by molar-refractivity contribution is 7.09. The number of hydrogen-bond donors (Lipinski definition) is 0. The monoisotopic (exact) mass is 399 g/mol. The molecule has 1 aliphatic carbocycles. The number of aryl methyl sites for hydroxylation is 1. The van der Waals surface area contributed by atoms with E-state index >= 15 is 0 Å². The average molecular weight is 400 g/mol. The van der Waals surface area contributed by atoms with Crippen LogP contribution in [0.15, 0.2) is 72.4 Å². The van der Waals surface area contributed by atoms with E-state index < -0.39 is 0 Å². The van der Waals surface area contributed by atoms with Crippen LogP contribution < -0.4 is 0 Å². The van der Waals surface area contributed by atoms with Gasteiger partial charge in [0.05, 0.1) is 18.1 Å². The van der Waals surface area contributed by atoms with Gasteiger partial charge in [-0.25, -0.2) is 4.98 Å². The number of aromatic nitrogens is 2. The Balaban J connectivity index is 1.56. The number of pyridine rings is 1. The summed E-state index contributed by atoms with van der Waals surface area (Å²) in [5.74, 6) is 0.0488. The second-order valence-electron chi connectivity index (χ2n) is 7.38. The number of amides is 1. The Morgan fingerprint density at radius 2 is 2.00 bits per heavy atom. The van der Waals surface area contributed by atoms with Crippen LogP contribution in [0.1, 0.15) is 45.4 Å². The van der Waals surface area contributed by atoms with Crippen molar-refractivity contribution in [2.24, 2.45) is 0 Å². The van der Waals surface area contributed by atoms with Crippen LogP contribution in [0.25, 0.3) is 10.9 Å². The van der Waals surface area contributed by atoms with Crippen molar-refractivity contribution in [2.45, 2.75) is 31.8 Å². The molecule has 1 aliphatic rings. The maximum Gasteiger partial charge on any atom is 0.254 e. The average Bonchev–Trinajstić information content (AvgIpc) is 3.30. The van der Waals surface area contributed by atoms with E-state index in [4.69, 9.17) is 0 Å². The molecule has 29 heavy (non-hydrogen) atoms. The Morgan fingerprint density at radius 1 is 1.07 bits per heavy atom. The number of carbonyl (C=O) groups excluding carboxylic acids is 1. The summed E-state index contributed by atoms with van der Waals surface area (Å²) in [6.07, 6.45) is 6.72. The molecule has 2 aromatic heterocycles. The van der Waals surface area contributed by atoms with Crippen molar-refractivity contribution in [1.29, 1.82) is 0 Å². The van der Waals surface area contributed by atoms with Crippen LogP contribution in [0, 0.1) is 0 Å². The molecule has 144 valence electrons. The molecule has 5 rings (SSSR count). The third-order valence-corrected chi connectivity index (χ3v) is 6.38. The maximum absolute atomic E-state index is 13.7. The lowest BCUT2D eigenvalue weighted by atomic mass is 9.86. The SMILES string of the molecule is O=C(c1ccc2ncccc2c1)N(Cc1nccs1)C1CCCc2ccccc21. The Bertz CT molecular complexity index is 1160. The van der Waals surface area contributed by atoms with Crippen molar-refractivity contribution < 1.29 is 4.79 Å². The van der Waals surface area contributed by atoms with Gasteiger partial charge < -0.3 is 4.90 Å². The van der Waals surface area contributed by atoms with E-state index in [2.05, 4.69) is 34.2 Å². The van der Waals surface area contributed by atoms with Crippen molar-refractivity contribution >= 4 is 28.1 Å². The van der Waals surface area contributed by atoms with Crippen LogP contribution in [0.3, 0.4) is 0 Å². The van der Waals surface area contributed by atoms with Gasteiger partial charge in [-0.15, -0.1) is 11.3 Å². The molecule has 0 saturated heterocycles. The molecular weight excluding hydrogens is 378 g/mol. The second kappa shape index (κ2) is 7.76. The number of fused-ring (bicyclic) bond motifs is 2. The van der Waals surface area contributed by atoms with Gasteiger partial charge >= 0.3 is 0 Å². The molecule has 0 N–H and O–H groups in total. The van der Waals surface area contributed by atoms with E-state index in [1.54, 1.807) is 23.7 Å². The number of rotatable bonds is 4. The summed E-state index contributed by atoms with van der Waals surface area (Å²) in [7, 11) is 0.